The highest BCUT2D eigenvalue weighted by Gasteiger charge is 2.20. The minimum Gasteiger partial charge on any atom is -0.493 e. The van der Waals surface area contributed by atoms with Crippen LogP contribution in [-0.4, -0.2) is 64.4 Å². The van der Waals surface area contributed by atoms with E-state index in [4.69, 9.17) is 18.9 Å². The smallest absolute Gasteiger partial charge is 0.289 e. The van der Waals surface area contributed by atoms with Crippen LogP contribution >= 0.6 is 11.3 Å². The van der Waals surface area contributed by atoms with Gasteiger partial charge in [0.1, 0.15) is 5.69 Å². The van der Waals surface area contributed by atoms with Crippen molar-refractivity contribution < 1.29 is 28.5 Å². The van der Waals surface area contributed by atoms with Crippen LogP contribution in [0, 0.1) is 0 Å². The molecule has 0 radical (unpaired) electrons. The molecule has 29 heavy (non-hydrogen) atoms. The zero-order valence-electron chi connectivity index (χ0n) is 16.3. The average Bonchev–Trinajstić information content (AvgIpc) is 3.27. The van der Waals surface area contributed by atoms with Gasteiger partial charge < -0.3 is 23.8 Å². The molecule has 1 aromatic carbocycles. The fourth-order valence-electron chi connectivity index (χ4n) is 2.73. The Hall–Kier alpha value is -3.05. The number of hydrogen-bond acceptors (Lipinski definition) is 9. The minimum absolute atomic E-state index is 0.224. The summed E-state index contributed by atoms with van der Waals surface area (Å²) in [5.74, 6) is -0.0209. The molecule has 2 N–H and O–H groups in total. The lowest BCUT2D eigenvalue weighted by Gasteiger charge is -2.25. The number of morpholine rings is 1. The number of benzene rings is 1. The third kappa shape index (κ3) is 4.69. The van der Waals surface area contributed by atoms with E-state index in [9.17, 15) is 9.59 Å². The van der Waals surface area contributed by atoms with Crippen LogP contribution in [-0.2, 0) is 4.74 Å². The zero-order chi connectivity index (χ0) is 20.8. The van der Waals surface area contributed by atoms with E-state index >= 15 is 0 Å². The second-order valence-corrected chi connectivity index (χ2v) is 6.77. The van der Waals surface area contributed by atoms with Crippen molar-refractivity contribution in [3.8, 4) is 17.2 Å². The van der Waals surface area contributed by atoms with Crippen molar-refractivity contribution in [1.82, 2.24) is 15.8 Å². The van der Waals surface area contributed by atoms with Crippen LogP contribution in [0.25, 0.3) is 0 Å². The van der Waals surface area contributed by atoms with E-state index in [0.717, 1.165) is 18.2 Å². The maximum Gasteiger partial charge on any atom is 0.289 e. The summed E-state index contributed by atoms with van der Waals surface area (Å²) in [6.07, 6.45) is 0. The van der Waals surface area contributed by atoms with Crippen LogP contribution in [0.15, 0.2) is 17.5 Å². The number of methoxy groups -OCH3 is 3. The third-order valence-electron chi connectivity index (χ3n) is 4.22. The summed E-state index contributed by atoms with van der Waals surface area (Å²) in [7, 11) is 4.38. The van der Waals surface area contributed by atoms with Crippen LogP contribution in [0.2, 0.25) is 0 Å². The predicted molar refractivity (Wildman–Crippen MR) is 106 cm³/mol. The van der Waals surface area contributed by atoms with Gasteiger partial charge in [-0.15, -0.1) is 11.3 Å². The van der Waals surface area contributed by atoms with Gasteiger partial charge in [0.05, 0.1) is 34.5 Å². The molecule has 3 rings (SSSR count). The molecule has 156 valence electrons. The van der Waals surface area contributed by atoms with E-state index in [2.05, 4.69) is 20.7 Å². The monoisotopic (exact) mass is 422 g/mol. The number of aromatic nitrogens is 1. The first-order valence-corrected chi connectivity index (χ1v) is 9.64. The van der Waals surface area contributed by atoms with Crippen LogP contribution in [0.1, 0.15) is 20.8 Å². The highest BCUT2D eigenvalue weighted by molar-refractivity contribution is 7.13. The van der Waals surface area contributed by atoms with Gasteiger partial charge in [0, 0.05) is 24.0 Å². The lowest BCUT2D eigenvalue weighted by atomic mass is 10.1. The topological polar surface area (TPSA) is 111 Å². The van der Waals surface area contributed by atoms with Crippen molar-refractivity contribution in [3.63, 3.8) is 0 Å². The number of rotatable bonds is 6. The van der Waals surface area contributed by atoms with E-state index in [1.165, 1.54) is 44.8 Å². The van der Waals surface area contributed by atoms with Gasteiger partial charge >= 0.3 is 0 Å². The van der Waals surface area contributed by atoms with Crippen molar-refractivity contribution in [2.45, 2.75) is 0 Å². The van der Waals surface area contributed by atoms with Gasteiger partial charge in [0.15, 0.2) is 16.6 Å². The molecular formula is C18H22N4O6S. The van der Waals surface area contributed by atoms with Crippen molar-refractivity contribution >= 4 is 28.3 Å². The molecule has 1 fully saturated rings. The maximum absolute atomic E-state index is 12.5. The number of ether oxygens (including phenoxy) is 4. The van der Waals surface area contributed by atoms with Crippen LogP contribution in [0.5, 0.6) is 17.2 Å². The van der Waals surface area contributed by atoms with E-state index < -0.39 is 11.8 Å². The van der Waals surface area contributed by atoms with Gasteiger partial charge in [-0.25, -0.2) is 4.98 Å². The van der Waals surface area contributed by atoms with Gasteiger partial charge in [-0.2, -0.15) is 0 Å². The fourth-order valence-corrected chi connectivity index (χ4v) is 3.59. The number of nitrogens with one attached hydrogen (secondary N) is 2. The number of carbonyl (C=O) groups is 2. The molecule has 2 heterocycles. The highest BCUT2D eigenvalue weighted by Crippen LogP contribution is 2.38. The van der Waals surface area contributed by atoms with Crippen LogP contribution in [0.3, 0.4) is 0 Å². The van der Waals surface area contributed by atoms with Crippen LogP contribution in [0.4, 0.5) is 5.13 Å². The first-order chi connectivity index (χ1) is 14.1. The molecule has 1 aliphatic rings. The first kappa shape index (κ1) is 20.7. The Kier molecular flexibility index (Phi) is 6.73. The SMILES string of the molecule is COc1cc(C(=O)NNC(=O)c2csc(N3CCOCC3)n2)cc(OC)c1OC. The summed E-state index contributed by atoms with van der Waals surface area (Å²) in [6.45, 7) is 2.72. The molecule has 2 amide bonds. The molecule has 2 aromatic rings. The summed E-state index contributed by atoms with van der Waals surface area (Å²) in [5, 5.41) is 2.39. The zero-order valence-corrected chi connectivity index (χ0v) is 17.1. The van der Waals surface area contributed by atoms with E-state index in [-0.39, 0.29) is 11.3 Å². The van der Waals surface area contributed by atoms with E-state index in [1.54, 1.807) is 5.38 Å². The lowest BCUT2D eigenvalue weighted by molar-refractivity contribution is 0.0844. The van der Waals surface area contributed by atoms with Gasteiger partial charge in [-0.05, 0) is 12.1 Å². The highest BCUT2D eigenvalue weighted by atomic mass is 32.1. The van der Waals surface area contributed by atoms with Gasteiger partial charge in [0.25, 0.3) is 11.8 Å². The maximum atomic E-state index is 12.5. The molecule has 1 saturated heterocycles. The molecule has 0 atom stereocenters. The van der Waals surface area contributed by atoms with Crippen molar-refractivity contribution in [1.29, 1.82) is 0 Å². The summed E-state index contributed by atoms with van der Waals surface area (Å²) >= 11 is 1.37. The Morgan fingerprint density at radius 1 is 1.03 bits per heavy atom. The molecule has 0 spiro atoms. The van der Waals surface area contributed by atoms with Crippen molar-refractivity contribution in [2.24, 2.45) is 0 Å². The molecule has 11 heteroatoms. The van der Waals surface area contributed by atoms with Gasteiger partial charge in [-0.3, -0.25) is 20.4 Å². The number of anilines is 1. The predicted octanol–water partition coefficient (Wildman–Crippen LogP) is 1.08. The number of hydrogen-bond donors (Lipinski definition) is 2. The molecule has 0 bridgehead atoms. The van der Waals surface area contributed by atoms with Gasteiger partial charge in [0.2, 0.25) is 5.75 Å². The summed E-state index contributed by atoms with van der Waals surface area (Å²) in [5.41, 5.74) is 5.19. The Bertz CT molecular complexity index is 856. The molecule has 1 aromatic heterocycles. The normalized spacial score (nSPS) is 13.6. The number of thiazole rings is 1. The first-order valence-electron chi connectivity index (χ1n) is 8.76. The second kappa shape index (κ2) is 9.43. The number of hydrazine groups is 1. The standard InChI is InChI=1S/C18H22N4O6S/c1-25-13-8-11(9-14(26-2)15(13)27-3)16(23)20-21-17(24)12-10-29-18(19-12)22-4-6-28-7-5-22/h8-10H,4-7H2,1-3H3,(H,20,23)(H,21,24). The molecule has 0 saturated carbocycles. The number of amides is 2. The van der Waals surface area contributed by atoms with Crippen molar-refractivity contribution in [3.05, 3.63) is 28.8 Å². The van der Waals surface area contributed by atoms with E-state index in [0.29, 0.717) is 30.5 Å². The Labute approximate surface area is 171 Å². The minimum atomic E-state index is -0.541. The molecule has 1 aliphatic heterocycles. The van der Waals surface area contributed by atoms with Crippen LogP contribution < -0.4 is 30.0 Å². The Balaban J connectivity index is 1.64. The number of nitrogens with zero attached hydrogens (tertiary/aromatic N) is 2. The quantitative estimate of drug-likeness (QED) is 0.666. The Morgan fingerprint density at radius 2 is 1.66 bits per heavy atom. The third-order valence-corrected chi connectivity index (χ3v) is 5.12. The lowest BCUT2D eigenvalue weighted by Crippen LogP contribution is -2.42. The second-order valence-electron chi connectivity index (χ2n) is 5.94. The number of carbonyl (C=O) groups excluding carboxylic acids is 2. The molecule has 0 aliphatic carbocycles. The summed E-state index contributed by atoms with van der Waals surface area (Å²) in [6, 6.07) is 2.98. The molecular weight excluding hydrogens is 400 g/mol. The molecule has 0 unspecified atom stereocenters. The van der Waals surface area contributed by atoms with Gasteiger partial charge in [-0.1, -0.05) is 0 Å². The average molecular weight is 422 g/mol. The van der Waals surface area contributed by atoms with E-state index in [1.807, 2.05) is 0 Å². The Morgan fingerprint density at radius 3 is 2.24 bits per heavy atom. The largest absolute Gasteiger partial charge is 0.493 e. The fraction of sp³-hybridized carbons (Fsp3) is 0.389. The summed E-state index contributed by atoms with van der Waals surface area (Å²) in [4.78, 5) is 31.2. The molecule has 10 nitrogen and oxygen atoms in total. The summed E-state index contributed by atoms with van der Waals surface area (Å²) < 4.78 is 21.0. The van der Waals surface area contributed by atoms with Crippen molar-refractivity contribution in [2.75, 3.05) is 52.5 Å².